The van der Waals surface area contributed by atoms with Gasteiger partial charge in [-0.25, -0.2) is 4.98 Å². The van der Waals surface area contributed by atoms with E-state index in [0.717, 1.165) is 16.6 Å². The van der Waals surface area contributed by atoms with Crippen LogP contribution in [0.25, 0.3) is 11.0 Å². The molecule has 30 heavy (non-hydrogen) atoms. The van der Waals surface area contributed by atoms with Crippen LogP contribution in [0.15, 0.2) is 66.0 Å². The largest absolute Gasteiger partial charge is 0.497 e. The Kier molecular flexibility index (Phi) is 5.94. The molecule has 0 saturated carbocycles. The Hall–Kier alpha value is -3.39. The van der Waals surface area contributed by atoms with Crippen molar-refractivity contribution < 1.29 is 18.4 Å². The summed E-state index contributed by atoms with van der Waals surface area (Å²) in [5.41, 5.74) is 3.17. The molecule has 7 nitrogen and oxygen atoms in total. The van der Waals surface area contributed by atoms with E-state index in [4.69, 9.17) is 14.2 Å². The van der Waals surface area contributed by atoms with Crippen LogP contribution in [0.2, 0.25) is 0 Å². The molecule has 0 bridgehead atoms. The Morgan fingerprint density at radius 1 is 1.00 bits per heavy atom. The average Bonchev–Trinajstić information content (AvgIpc) is 3.22. The van der Waals surface area contributed by atoms with E-state index >= 15 is 0 Å². The van der Waals surface area contributed by atoms with Crippen LogP contribution in [0.1, 0.15) is 11.3 Å². The van der Waals surface area contributed by atoms with Crippen molar-refractivity contribution in [2.75, 3.05) is 14.2 Å². The summed E-state index contributed by atoms with van der Waals surface area (Å²) in [4.78, 5) is 11.9. The van der Waals surface area contributed by atoms with Gasteiger partial charge in [0.25, 0.3) is 0 Å². The molecule has 8 heteroatoms. The molecule has 0 radical (unpaired) electrons. The molecule has 0 aliphatic carbocycles. The average molecular weight is 423 g/mol. The third-order valence-corrected chi connectivity index (χ3v) is 5.69. The first-order valence-corrected chi connectivity index (χ1v) is 10.6. The van der Waals surface area contributed by atoms with E-state index in [1.54, 1.807) is 26.5 Å². The minimum absolute atomic E-state index is 0.201. The first kappa shape index (κ1) is 19.9. The quantitative estimate of drug-likeness (QED) is 0.463. The molecule has 0 fully saturated rings. The van der Waals surface area contributed by atoms with Gasteiger partial charge in [-0.2, -0.15) is 0 Å². The third-order valence-electron chi connectivity index (χ3n) is 4.51. The van der Waals surface area contributed by atoms with Gasteiger partial charge < -0.3 is 19.2 Å². The molecule has 1 N–H and O–H groups in total. The number of nitrogens with one attached hydrogen (secondary N) is 1. The van der Waals surface area contributed by atoms with Gasteiger partial charge in [0.2, 0.25) is 0 Å². The predicted molar refractivity (Wildman–Crippen MR) is 114 cm³/mol. The Labute approximate surface area is 176 Å². The van der Waals surface area contributed by atoms with Gasteiger partial charge >= 0.3 is 0 Å². The Balaban J connectivity index is 1.48. The second-order valence-corrected chi connectivity index (χ2v) is 7.88. The highest BCUT2D eigenvalue weighted by atomic mass is 32.2. The van der Waals surface area contributed by atoms with E-state index < -0.39 is 10.8 Å². The van der Waals surface area contributed by atoms with Gasteiger partial charge in [-0.3, -0.25) is 9.19 Å². The van der Waals surface area contributed by atoms with E-state index in [1.165, 1.54) is 0 Å². The molecule has 154 valence electrons. The molecule has 4 rings (SSSR count). The first-order chi connectivity index (χ1) is 14.7. The number of ether oxygens (including phenoxy) is 3. The number of nitrogens with zero attached hydrogens (tertiary/aromatic N) is 2. The van der Waals surface area contributed by atoms with Gasteiger partial charge in [0.15, 0.2) is 16.7 Å². The molecule has 2 heterocycles. The lowest BCUT2D eigenvalue weighted by Gasteiger charge is -2.11. The van der Waals surface area contributed by atoms with Crippen LogP contribution in [-0.4, -0.2) is 33.4 Å². The maximum absolute atomic E-state index is 12.8. The number of imidazole rings is 1. The molecule has 0 saturated heterocycles. The molecule has 0 amide bonds. The van der Waals surface area contributed by atoms with E-state index in [-0.39, 0.29) is 5.75 Å². The fourth-order valence-corrected chi connectivity index (χ4v) is 3.94. The lowest BCUT2D eigenvalue weighted by atomic mass is 10.2. The summed E-state index contributed by atoms with van der Waals surface area (Å²) in [7, 11) is 1.78. The summed E-state index contributed by atoms with van der Waals surface area (Å²) in [6.45, 7) is 0.409. The van der Waals surface area contributed by atoms with Crippen LogP contribution < -0.4 is 14.2 Å². The number of H-pyrrole nitrogens is 1. The highest BCUT2D eigenvalue weighted by molar-refractivity contribution is 7.84. The smallest absolute Gasteiger partial charge is 0.197 e. The van der Waals surface area contributed by atoms with Crippen LogP contribution in [0.4, 0.5) is 0 Å². The lowest BCUT2D eigenvalue weighted by Crippen LogP contribution is -2.03. The lowest BCUT2D eigenvalue weighted by molar-refractivity contribution is 0.283. The summed E-state index contributed by atoms with van der Waals surface area (Å²) in [6, 6.07) is 17.1. The standard InChI is InChI=1S/C22H21N3O4S/c1-27-17-8-9-18-19(11-17)25-22(24-18)30(26)14-16-10-20(28-2)21(12-23-16)29-13-15-6-4-3-5-7-15/h3-12H,13-14H2,1-2H3,(H,24,25). The van der Waals surface area contributed by atoms with Crippen molar-refractivity contribution in [3.8, 4) is 17.2 Å². The van der Waals surface area contributed by atoms with E-state index in [0.29, 0.717) is 34.7 Å². The Bertz CT molecular complexity index is 1180. The number of hydrogen-bond donors (Lipinski definition) is 1. The predicted octanol–water partition coefficient (Wildman–Crippen LogP) is 3.86. The fourth-order valence-electron chi connectivity index (χ4n) is 2.95. The van der Waals surface area contributed by atoms with Crippen molar-refractivity contribution in [2.24, 2.45) is 0 Å². The number of hydrogen-bond acceptors (Lipinski definition) is 6. The van der Waals surface area contributed by atoms with Crippen LogP contribution >= 0.6 is 0 Å². The van der Waals surface area contributed by atoms with Crippen molar-refractivity contribution in [1.82, 2.24) is 15.0 Å². The summed E-state index contributed by atoms with van der Waals surface area (Å²) in [6.07, 6.45) is 1.60. The molecular weight excluding hydrogens is 402 g/mol. The van der Waals surface area contributed by atoms with E-state index in [9.17, 15) is 4.21 Å². The van der Waals surface area contributed by atoms with E-state index in [2.05, 4.69) is 15.0 Å². The van der Waals surface area contributed by atoms with Crippen molar-refractivity contribution in [2.45, 2.75) is 17.5 Å². The number of aromatic amines is 1. The molecule has 2 aromatic carbocycles. The molecule has 0 spiro atoms. The second kappa shape index (κ2) is 8.96. The van der Waals surface area contributed by atoms with Crippen molar-refractivity contribution in [3.05, 3.63) is 72.1 Å². The van der Waals surface area contributed by atoms with Crippen LogP contribution in [-0.2, 0) is 23.2 Å². The van der Waals surface area contributed by atoms with Gasteiger partial charge in [-0.1, -0.05) is 30.3 Å². The number of benzene rings is 2. The molecular formula is C22H21N3O4S. The summed E-state index contributed by atoms with van der Waals surface area (Å²) in [5.74, 6) is 1.99. The second-order valence-electron chi connectivity index (χ2n) is 6.52. The van der Waals surface area contributed by atoms with Gasteiger partial charge in [0.05, 0.1) is 53.7 Å². The van der Waals surface area contributed by atoms with Crippen molar-refractivity contribution in [3.63, 3.8) is 0 Å². The van der Waals surface area contributed by atoms with Crippen LogP contribution in [0, 0.1) is 0 Å². The molecule has 4 aromatic rings. The van der Waals surface area contributed by atoms with Gasteiger partial charge in [-0.15, -0.1) is 0 Å². The third kappa shape index (κ3) is 4.44. The summed E-state index contributed by atoms with van der Waals surface area (Å²) >= 11 is 0. The van der Waals surface area contributed by atoms with Crippen molar-refractivity contribution >= 4 is 21.8 Å². The van der Waals surface area contributed by atoms with Crippen LogP contribution in [0.5, 0.6) is 17.2 Å². The minimum Gasteiger partial charge on any atom is -0.497 e. The topological polar surface area (TPSA) is 86.3 Å². The summed E-state index contributed by atoms with van der Waals surface area (Å²) < 4.78 is 29.3. The molecule has 2 aromatic heterocycles. The fraction of sp³-hybridized carbons (Fsp3) is 0.182. The van der Waals surface area contributed by atoms with E-state index in [1.807, 2.05) is 48.5 Å². The van der Waals surface area contributed by atoms with Gasteiger partial charge in [0, 0.05) is 12.1 Å². The highest BCUT2D eigenvalue weighted by Gasteiger charge is 2.14. The van der Waals surface area contributed by atoms with Gasteiger partial charge in [0.1, 0.15) is 12.4 Å². The minimum atomic E-state index is -1.39. The number of fused-ring (bicyclic) bond motifs is 1. The number of aromatic nitrogens is 3. The number of rotatable bonds is 8. The normalized spacial score (nSPS) is 11.9. The van der Waals surface area contributed by atoms with Crippen LogP contribution in [0.3, 0.4) is 0 Å². The Morgan fingerprint density at radius 2 is 1.83 bits per heavy atom. The first-order valence-electron chi connectivity index (χ1n) is 9.28. The highest BCUT2D eigenvalue weighted by Crippen LogP contribution is 2.28. The van der Waals surface area contributed by atoms with Gasteiger partial charge in [-0.05, 0) is 17.7 Å². The number of pyridine rings is 1. The maximum atomic E-state index is 12.8. The number of methoxy groups -OCH3 is 2. The zero-order valence-corrected chi connectivity index (χ0v) is 17.4. The summed E-state index contributed by atoms with van der Waals surface area (Å²) in [5, 5.41) is 0.392. The monoisotopic (exact) mass is 423 g/mol. The zero-order chi connectivity index (χ0) is 20.9. The molecule has 1 unspecified atom stereocenters. The molecule has 0 aliphatic heterocycles. The molecule has 1 atom stereocenters. The SMILES string of the molecule is COc1ccc2nc(S(=O)Cc3cc(OC)c(OCc4ccccc4)cn3)[nH]c2c1. The zero-order valence-electron chi connectivity index (χ0n) is 16.6. The van der Waals surface area contributed by atoms with Crippen molar-refractivity contribution in [1.29, 1.82) is 0 Å². The Morgan fingerprint density at radius 3 is 2.60 bits per heavy atom. The maximum Gasteiger partial charge on any atom is 0.197 e. The molecule has 0 aliphatic rings.